The van der Waals surface area contributed by atoms with Gasteiger partial charge in [-0.25, -0.2) is 9.37 Å². The number of anilines is 1. The summed E-state index contributed by atoms with van der Waals surface area (Å²) in [5.41, 5.74) is 0.127. The highest BCUT2D eigenvalue weighted by Gasteiger charge is 2.12. The Kier molecular flexibility index (Phi) is 4.35. The van der Waals surface area contributed by atoms with Crippen LogP contribution < -0.4 is 10.9 Å². The molecule has 0 atom stereocenters. The molecule has 1 aromatic carbocycles. The van der Waals surface area contributed by atoms with Gasteiger partial charge < -0.3 is 5.32 Å². The predicted molar refractivity (Wildman–Crippen MR) is 87.0 cm³/mol. The van der Waals surface area contributed by atoms with Crippen LogP contribution in [0.15, 0.2) is 59.9 Å². The van der Waals surface area contributed by atoms with Crippen molar-refractivity contribution in [2.45, 2.75) is 0 Å². The van der Waals surface area contributed by atoms with Crippen molar-refractivity contribution in [1.29, 1.82) is 0 Å². The van der Waals surface area contributed by atoms with Crippen molar-refractivity contribution in [3.63, 3.8) is 0 Å². The fraction of sp³-hybridized carbons (Fsp3) is 0. The molecule has 3 aromatic rings. The largest absolute Gasteiger partial charge is 0.302 e. The first kappa shape index (κ1) is 15.8. The van der Waals surface area contributed by atoms with Crippen LogP contribution in [0.25, 0.3) is 5.69 Å². The van der Waals surface area contributed by atoms with Crippen LogP contribution in [-0.4, -0.2) is 20.4 Å². The van der Waals surface area contributed by atoms with Crippen molar-refractivity contribution in [2.75, 3.05) is 5.32 Å². The lowest BCUT2D eigenvalue weighted by atomic mass is 10.2. The quantitative estimate of drug-likeness (QED) is 0.792. The van der Waals surface area contributed by atoms with Gasteiger partial charge in [0.05, 0.1) is 10.7 Å². The van der Waals surface area contributed by atoms with Gasteiger partial charge in [-0.15, -0.1) is 0 Å². The first-order chi connectivity index (χ1) is 11.6. The number of aromatic nitrogens is 3. The second-order valence-electron chi connectivity index (χ2n) is 4.74. The summed E-state index contributed by atoms with van der Waals surface area (Å²) in [6.07, 6.45) is 5.67. The molecule has 0 aliphatic rings. The van der Waals surface area contributed by atoms with E-state index in [9.17, 15) is 14.0 Å². The Morgan fingerprint density at radius 1 is 1.17 bits per heavy atom. The standard InChI is InChI=1S/C16H10ClFN4O2/c17-12-9-11(1-2-13(12)18)22-8-7-20-14(16(22)24)21-15(23)10-3-5-19-6-4-10/h1-9H,(H,20,21,23). The number of carbonyl (C=O) groups is 1. The molecule has 2 aromatic heterocycles. The molecule has 3 rings (SSSR count). The summed E-state index contributed by atoms with van der Waals surface area (Å²) >= 11 is 5.74. The molecule has 0 bridgehead atoms. The van der Waals surface area contributed by atoms with Gasteiger partial charge in [-0.05, 0) is 30.3 Å². The summed E-state index contributed by atoms with van der Waals surface area (Å²) in [7, 11) is 0. The van der Waals surface area contributed by atoms with Crippen LogP contribution in [0.1, 0.15) is 10.4 Å². The van der Waals surface area contributed by atoms with Crippen LogP contribution in [0.4, 0.5) is 10.2 Å². The number of amides is 1. The van der Waals surface area contributed by atoms with E-state index in [0.29, 0.717) is 11.3 Å². The van der Waals surface area contributed by atoms with E-state index in [1.54, 1.807) is 0 Å². The molecule has 0 aliphatic heterocycles. The first-order valence-corrected chi connectivity index (χ1v) is 7.18. The molecule has 0 aliphatic carbocycles. The Morgan fingerprint density at radius 3 is 2.62 bits per heavy atom. The van der Waals surface area contributed by atoms with Crippen LogP contribution in [0.5, 0.6) is 0 Å². The summed E-state index contributed by atoms with van der Waals surface area (Å²) in [5.74, 6) is -1.23. The molecule has 1 N–H and O–H groups in total. The van der Waals surface area contributed by atoms with Gasteiger partial charge >= 0.3 is 0 Å². The Balaban J connectivity index is 1.95. The number of nitrogens with zero attached hydrogens (tertiary/aromatic N) is 3. The molecule has 2 heterocycles. The highest BCUT2D eigenvalue weighted by atomic mass is 35.5. The van der Waals surface area contributed by atoms with Crippen LogP contribution in [0.3, 0.4) is 0 Å². The zero-order valence-electron chi connectivity index (χ0n) is 12.1. The van der Waals surface area contributed by atoms with Gasteiger partial charge in [0.1, 0.15) is 5.82 Å². The molecule has 8 heteroatoms. The van der Waals surface area contributed by atoms with Crippen LogP contribution in [-0.2, 0) is 0 Å². The van der Waals surface area contributed by atoms with E-state index in [0.717, 1.165) is 6.07 Å². The fourth-order valence-electron chi connectivity index (χ4n) is 2.02. The minimum Gasteiger partial charge on any atom is -0.302 e. The van der Waals surface area contributed by atoms with Gasteiger partial charge in [0.2, 0.25) is 0 Å². The number of nitrogens with one attached hydrogen (secondary N) is 1. The monoisotopic (exact) mass is 344 g/mol. The van der Waals surface area contributed by atoms with E-state index in [2.05, 4.69) is 15.3 Å². The molecule has 0 saturated heterocycles. The third-order valence-corrected chi connectivity index (χ3v) is 3.49. The molecule has 0 saturated carbocycles. The average Bonchev–Trinajstić information content (AvgIpc) is 2.60. The van der Waals surface area contributed by atoms with Crippen LogP contribution in [0, 0.1) is 5.82 Å². The van der Waals surface area contributed by atoms with E-state index in [1.807, 2.05) is 0 Å². The van der Waals surface area contributed by atoms with Gasteiger partial charge in [0, 0.05) is 30.4 Å². The number of carbonyl (C=O) groups excluding carboxylic acids is 1. The Bertz CT molecular complexity index is 960. The van der Waals surface area contributed by atoms with Crippen molar-refractivity contribution in [3.8, 4) is 5.69 Å². The summed E-state index contributed by atoms with van der Waals surface area (Å²) in [6, 6.07) is 6.89. The van der Waals surface area contributed by atoms with E-state index >= 15 is 0 Å². The minimum absolute atomic E-state index is 0.112. The van der Waals surface area contributed by atoms with Crippen molar-refractivity contribution in [1.82, 2.24) is 14.5 Å². The molecule has 120 valence electrons. The molecule has 24 heavy (non-hydrogen) atoms. The Morgan fingerprint density at radius 2 is 1.92 bits per heavy atom. The molecule has 1 amide bonds. The van der Waals surface area contributed by atoms with Gasteiger partial charge in [0.25, 0.3) is 11.5 Å². The SMILES string of the molecule is O=C(Nc1nccn(-c2ccc(F)c(Cl)c2)c1=O)c1ccncc1. The maximum absolute atomic E-state index is 13.3. The highest BCUT2D eigenvalue weighted by Crippen LogP contribution is 2.18. The molecular formula is C16H10ClFN4O2. The zero-order valence-corrected chi connectivity index (χ0v) is 12.9. The number of benzene rings is 1. The number of hydrogen-bond acceptors (Lipinski definition) is 4. The van der Waals surface area contributed by atoms with E-state index in [4.69, 9.17) is 11.6 Å². The van der Waals surface area contributed by atoms with Crippen molar-refractivity contribution in [3.05, 3.63) is 81.9 Å². The lowest BCUT2D eigenvalue weighted by molar-refractivity contribution is 0.102. The second-order valence-corrected chi connectivity index (χ2v) is 5.15. The maximum Gasteiger partial charge on any atom is 0.298 e. The molecule has 0 spiro atoms. The lowest BCUT2D eigenvalue weighted by Crippen LogP contribution is -2.26. The number of rotatable bonds is 3. The summed E-state index contributed by atoms with van der Waals surface area (Å²) in [4.78, 5) is 32.3. The predicted octanol–water partition coefficient (Wildman–Crippen LogP) is 2.67. The highest BCUT2D eigenvalue weighted by molar-refractivity contribution is 6.30. The molecule has 0 radical (unpaired) electrons. The second kappa shape index (κ2) is 6.59. The van der Waals surface area contributed by atoms with Gasteiger partial charge in [-0.2, -0.15) is 0 Å². The maximum atomic E-state index is 13.3. The van der Waals surface area contributed by atoms with E-state index in [-0.39, 0.29) is 10.8 Å². The first-order valence-electron chi connectivity index (χ1n) is 6.81. The normalized spacial score (nSPS) is 10.4. The summed E-state index contributed by atoms with van der Waals surface area (Å²) in [6.45, 7) is 0. The van der Waals surface area contributed by atoms with E-state index in [1.165, 1.54) is 53.6 Å². The molecular weight excluding hydrogens is 335 g/mol. The molecule has 0 unspecified atom stereocenters. The van der Waals surface area contributed by atoms with Crippen molar-refractivity contribution >= 4 is 23.3 Å². The third-order valence-electron chi connectivity index (χ3n) is 3.20. The van der Waals surface area contributed by atoms with Gasteiger partial charge in [-0.3, -0.25) is 19.1 Å². The van der Waals surface area contributed by atoms with Gasteiger partial charge in [0.15, 0.2) is 5.82 Å². The van der Waals surface area contributed by atoms with Crippen molar-refractivity contribution < 1.29 is 9.18 Å². The molecule has 0 fully saturated rings. The Labute approximate surface area is 140 Å². The smallest absolute Gasteiger partial charge is 0.298 e. The van der Waals surface area contributed by atoms with Crippen molar-refractivity contribution in [2.24, 2.45) is 0 Å². The number of pyridine rings is 1. The minimum atomic E-state index is -0.589. The lowest BCUT2D eigenvalue weighted by Gasteiger charge is -2.09. The van der Waals surface area contributed by atoms with Crippen LogP contribution >= 0.6 is 11.6 Å². The zero-order chi connectivity index (χ0) is 17.1. The van der Waals surface area contributed by atoms with Crippen LogP contribution in [0.2, 0.25) is 5.02 Å². The van der Waals surface area contributed by atoms with Gasteiger partial charge in [-0.1, -0.05) is 11.6 Å². The van der Waals surface area contributed by atoms with E-state index < -0.39 is 17.3 Å². The number of hydrogen-bond donors (Lipinski definition) is 1. The molecule has 6 nitrogen and oxygen atoms in total. The summed E-state index contributed by atoms with van der Waals surface area (Å²) in [5, 5.41) is 2.33. The fourth-order valence-corrected chi connectivity index (χ4v) is 2.19. The number of halogens is 2. The third kappa shape index (κ3) is 3.16. The topological polar surface area (TPSA) is 76.9 Å². The summed E-state index contributed by atoms with van der Waals surface area (Å²) < 4.78 is 14.5. The Hall–Kier alpha value is -3.06. The average molecular weight is 345 g/mol.